The van der Waals surface area contributed by atoms with Gasteiger partial charge in [-0.15, -0.1) is 0 Å². The van der Waals surface area contributed by atoms with Crippen LogP contribution in [-0.4, -0.2) is 26.5 Å². The highest BCUT2D eigenvalue weighted by molar-refractivity contribution is 5.82. The third kappa shape index (κ3) is 3.61. The first-order valence-electron chi connectivity index (χ1n) is 8.18. The molecule has 0 aliphatic carbocycles. The van der Waals surface area contributed by atoms with Gasteiger partial charge in [0.15, 0.2) is 0 Å². The predicted octanol–water partition coefficient (Wildman–Crippen LogP) is 3.74. The van der Waals surface area contributed by atoms with Crippen molar-refractivity contribution in [2.24, 2.45) is 0 Å². The molecule has 0 radical (unpaired) electrons. The zero-order valence-electron chi connectivity index (χ0n) is 13.6. The maximum Gasteiger partial charge on any atom is 0.144 e. The number of nitrogens with zero attached hydrogens (tertiary/aromatic N) is 4. The van der Waals surface area contributed by atoms with E-state index in [0.29, 0.717) is 0 Å². The Labute approximate surface area is 145 Å². The van der Waals surface area contributed by atoms with E-state index in [9.17, 15) is 0 Å². The number of nitrogens with one attached hydrogen (secondary N) is 1. The van der Waals surface area contributed by atoms with Crippen LogP contribution in [0.1, 0.15) is 5.56 Å². The van der Waals surface area contributed by atoms with Crippen LogP contribution in [-0.2, 0) is 6.42 Å². The Morgan fingerprint density at radius 3 is 2.56 bits per heavy atom. The summed E-state index contributed by atoms with van der Waals surface area (Å²) in [6.45, 7) is 0.801. The Morgan fingerprint density at radius 2 is 1.72 bits per heavy atom. The van der Waals surface area contributed by atoms with Crippen LogP contribution < -0.4 is 5.32 Å². The molecule has 0 fully saturated rings. The first-order chi connectivity index (χ1) is 12.4. The zero-order chi connectivity index (χ0) is 16.9. The van der Waals surface area contributed by atoms with E-state index >= 15 is 0 Å². The second-order valence-corrected chi connectivity index (χ2v) is 5.74. The molecule has 0 amide bonds. The third-order valence-electron chi connectivity index (χ3n) is 4.01. The maximum absolute atomic E-state index is 4.51. The molecule has 3 aromatic heterocycles. The van der Waals surface area contributed by atoms with Crippen molar-refractivity contribution in [1.82, 2.24) is 19.9 Å². The maximum atomic E-state index is 4.51. The van der Waals surface area contributed by atoms with Crippen LogP contribution in [0.2, 0.25) is 0 Å². The Morgan fingerprint density at radius 1 is 0.840 bits per heavy atom. The lowest BCUT2D eigenvalue weighted by Crippen LogP contribution is -2.06. The van der Waals surface area contributed by atoms with E-state index in [1.54, 1.807) is 12.4 Å². The number of hydrogen-bond acceptors (Lipinski definition) is 5. The van der Waals surface area contributed by atoms with Gasteiger partial charge in [0.25, 0.3) is 0 Å². The van der Waals surface area contributed by atoms with Crippen LogP contribution in [0.5, 0.6) is 0 Å². The number of aromatic nitrogens is 4. The second kappa shape index (κ2) is 7.05. The van der Waals surface area contributed by atoms with Crippen LogP contribution in [0, 0.1) is 0 Å². The van der Waals surface area contributed by atoms with Gasteiger partial charge in [0.2, 0.25) is 0 Å². The molecule has 0 bridgehead atoms. The molecule has 5 nitrogen and oxygen atoms in total. The third-order valence-corrected chi connectivity index (χ3v) is 4.01. The first kappa shape index (κ1) is 15.2. The summed E-state index contributed by atoms with van der Waals surface area (Å²) in [5.41, 5.74) is 4.01. The van der Waals surface area contributed by atoms with Crippen molar-refractivity contribution in [3.05, 3.63) is 79.0 Å². The van der Waals surface area contributed by atoms with Crippen molar-refractivity contribution >= 4 is 16.7 Å². The standard InChI is InChI=1S/C20H17N5/c1-2-4-18-16(3-1)11-17(12-23-18)19-13-25-20(14-24-19)22-10-7-15-5-8-21-9-6-15/h1-6,8-9,11-14H,7,10H2,(H,22,25). The molecule has 0 aliphatic heterocycles. The molecule has 5 heteroatoms. The molecule has 122 valence electrons. The molecule has 0 spiro atoms. The molecule has 0 saturated carbocycles. The quantitative estimate of drug-likeness (QED) is 0.605. The lowest BCUT2D eigenvalue weighted by Gasteiger charge is -2.07. The smallest absolute Gasteiger partial charge is 0.144 e. The molecule has 4 aromatic rings. The highest BCUT2D eigenvalue weighted by atomic mass is 15.0. The van der Waals surface area contributed by atoms with E-state index in [2.05, 4.69) is 31.3 Å². The van der Waals surface area contributed by atoms with Crippen LogP contribution >= 0.6 is 0 Å². The Hall–Kier alpha value is -3.34. The number of pyridine rings is 2. The monoisotopic (exact) mass is 327 g/mol. The number of rotatable bonds is 5. The van der Waals surface area contributed by atoms with E-state index in [1.807, 2.05) is 55.0 Å². The molecule has 1 N–H and O–H groups in total. The fourth-order valence-corrected chi connectivity index (χ4v) is 2.66. The molecule has 4 rings (SSSR count). The Bertz CT molecular complexity index is 968. The molecule has 0 atom stereocenters. The minimum atomic E-state index is 0.770. The molecule has 1 aromatic carbocycles. The molecule has 0 unspecified atom stereocenters. The van der Waals surface area contributed by atoms with Crippen molar-refractivity contribution in [3.63, 3.8) is 0 Å². The van der Waals surface area contributed by atoms with Crippen molar-refractivity contribution in [2.75, 3.05) is 11.9 Å². The van der Waals surface area contributed by atoms with Crippen molar-refractivity contribution in [3.8, 4) is 11.3 Å². The molecule has 0 aliphatic rings. The van der Waals surface area contributed by atoms with E-state index in [-0.39, 0.29) is 0 Å². The number of anilines is 1. The number of hydrogen-bond donors (Lipinski definition) is 1. The predicted molar refractivity (Wildman–Crippen MR) is 99.2 cm³/mol. The molecule has 3 heterocycles. The van der Waals surface area contributed by atoms with Crippen molar-refractivity contribution in [2.45, 2.75) is 6.42 Å². The van der Waals surface area contributed by atoms with Gasteiger partial charge in [-0.1, -0.05) is 18.2 Å². The van der Waals surface area contributed by atoms with E-state index in [1.165, 1.54) is 5.56 Å². The Balaban J connectivity index is 1.44. The normalized spacial score (nSPS) is 10.7. The summed E-state index contributed by atoms with van der Waals surface area (Å²) >= 11 is 0. The molecular formula is C20H17N5. The summed E-state index contributed by atoms with van der Waals surface area (Å²) < 4.78 is 0. The lowest BCUT2D eigenvalue weighted by molar-refractivity contribution is 0.994. The van der Waals surface area contributed by atoms with E-state index < -0.39 is 0 Å². The summed E-state index contributed by atoms with van der Waals surface area (Å²) in [5, 5.41) is 4.39. The topological polar surface area (TPSA) is 63.6 Å². The summed E-state index contributed by atoms with van der Waals surface area (Å²) in [7, 11) is 0. The highest BCUT2D eigenvalue weighted by Crippen LogP contribution is 2.20. The van der Waals surface area contributed by atoms with E-state index in [4.69, 9.17) is 0 Å². The molecular weight excluding hydrogens is 310 g/mol. The van der Waals surface area contributed by atoms with Gasteiger partial charge < -0.3 is 5.32 Å². The van der Waals surface area contributed by atoms with Crippen LogP contribution in [0.15, 0.2) is 73.4 Å². The summed E-state index contributed by atoms with van der Waals surface area (Å²) in [6, 6.07) is 14.2. The van der Waals surface area contributed by atoms with Gasteiger partial charge in [-0.05, 0) is 36.2 Å². The van der Waals surface area contributed by atoms with E-state index in [0.717, 1.165) is 40.9 Å². The SMILES string of the molecule is c1ccc2ncc(-c3cnc(NCCc4ccncc4)cn3)cc2c1. The first-order valence-corrected chi connectivity index (χ1v) is 8.18. The average molecular weight is 327 g/mol. The highest BCUT2D eigenvalue weighted by Gasteiger charge is 2.03. The number of fused-ring (bicyclic) bond motifs is 1. The van der Waals surface area contributed by atoms with Gasteiger partial charge in [-0.2, -0.15) is 0 Å². The van der Waals surface area contributed by atoms with Gasteiger partial charge in [0.05, 0.1) is 23.6 Å². The van der Waals surface area contributed by atoms with Gasteiger partial charge in [-0.25, -0.2) is 4.98 Å². The van der Waals surface area contributed by atoms with Gasteiger partial charge in [0.1, 0.15) is 5.82 Å². The number of para-hydroxylation sites is 1. The van der Waals surface area contributed by atoms with Gasteiger partial charge in [-0.3, -0.25) is 15.0 Å². The summed E-state index contributed by atoms with van der Waals surface area (Å²) in [5.74, 6) is 0.770. The lowest BCUT2D eigenvalue weighted by atomic mass is 10.1. The zero-order valence-corrected chi connectivity index (χ0v) is 13.6. The van der Waals surface area contributed by atoms with Crippen LogP contribution in [0.25, 0.3) is 22.2 Å². The molecule has 0 saturated heterocycles. The minimum absolute atomic E-state index is 0.770. The van der Waals surface area contributed by atoms with Crippen LogP contribution in [0.4, 0.5) is 5.82 Å². The summed E-state index contributed by atoms with van der Waals surface area (Å²) in [6.07, 6.45) is 9.91. The Kier molecular flexibility index (Phi) is 4.29. The van der Waals surface area contributed by atoms with Crippen LogP contribution in [0.3, 0.4) is 0 Å². The fourth-order valence-electron chi connectivity index (χ4n) is 2.66. The molecule has 25 heavy (non-hydrogen) atoms. The summed E-state index contributed by atoms with van der Waals surface area (Å²) in [4.78, 5) is 17.5. The average Bonchev–Trinajstić information content (AvgIpc) is 2.69. The van der Waals surface area contributed by atoms with Crippen molar-refractivity contribution < 1.29 is 0 Å². The van der Waals surface area contributed by atoms with Gasteiger partial charge in [0, 0.05) is 36.1 Å². The largest absolute Gasteiger partial charge is 0.368 e. The fraction of sp³-hybridized carbons (Fsp3) is 0.100. The number of benzene rings is 1. The minimum Gasteiger partial charge on any atom is -0.368 e. The second-order valence-electron chi connectivity index (χ2n) is 5.74. The van der Waals surface area contributed by atoms with Crippen molar-refractivity contribution in [1.29, 1.82) is 0 Å². The van der Waals surface area contributed by atoms with Gasteiger partial charge >= 0.3 is 0 Å².